The van der Waals surface area contributed by atoms with Gasteiger partial charge in [-0.25, -0.2) is 4.68 Å². The number of alkyl halides is 3. The maximum Gasteiger partial charge on any atom is 0.416 e. The predicted molar refractivity (Wildman–Crippen MR) is 61.9 cm³/mol. The minimum Gasteiger partial charge on any atom is -0.384 e. The van der Waals surface area contributed by atoms with Gasteiger partial charge in [0, 0.05) is 5.56 Å². The topological polar surface area (TPSA) is 43.8 Å². The summed E-state index contributed by atoms with van der Waals surface area (Å²) in [5.74, 6) is 0.523. The molecule has 0 saturated carbocycles. The molecular formula is C12H12F3N3. The van der Waals surface area contributed by atoms with Crippen LogP contribution in [0, 0.1) is 6.92 Å². The van der Waals surface area contributed by atoms with Crippen molar-refractivity contribution in [1.29, 1.82) is 0 Å². The minimum atomic E-state index is -4.31. The maximum absolute atomic E-state index is 12.4. The number of rotatable bonds is 2. The van der Waals surface area contributed by atoms with Crippen molar-refractivity contribution in [3.8, 4) is 0 Å². The van der Waals surface area contributed by atoms with Crippen molar-refractivity contribution in [3.05, 3.63) is 47.2 Å². The van der Waals surface area contributed by atoms with Crippen LogP contribution < -0.4 is 5.73 Å². The summed E-state index contributed by atoms with van der Waals surface area (Å²) in [5, 5.41) is 4.05. The highest BCUT2D eigenvalue weighted by molar-refractivity contribution is 5.38. The van der Waals surface area contributed by atoms with Gasteiger partial charge < -0.3 is 5.73 Å². The van der Waals surface area contributed by atoms with Crippen molar-refractivity contribution >= 4 is 5.82 Å². The van der Waals surface area contributed by atoms with Gasteiger partial charge in [-0.3, -0.25) is 0 Å². The van der Waals surface area contributed by atoms with E-state index in [4.69, 9.17) is 5.73 Å². The number of benzene rings is 1. The third-order valence-corrected chi connectivity index (χ3v) is 2.69. The quantitative estimate of drug-likeness (QED) is 0.896. The fourth-order valence-corrected chi connectivity index (χ4v) is 1.59. The largest absolute Gasteiger partial charge is 0.416 e. The number of nitrogens with zero attached hydrogens (tertiary/aromatic N) is 2. The molecule has 0 atom stereocenters. The highest BCUT2D eigenvalue weighted by atomic mass is 19.4. The fraction of sp³-hybridized carbons (Fsp3) is 0.250. The number of aryl methyl sites for hydroxylation is 1. The molecule has 0 aliphatic carbocycles. The molecule has 0 aliphatic rings. The molecule has 0 unspecified atom stereocenters. The standard InChI is InChI=1S/C12H12F3N3/c1-8-6-17-18(11(8)16)7-9-2-4-10(5-3-9)12(13,14)15/h2-6H,7,16H2,1H3. The van der Waals surface area contributed by atoms with Crippen LogP contribution in [0.15, 0.2) is 30.5 Å². The van der Waals surface area contributed by atoms with Crippen molar-refractivity contribution in [2.24, 2.45) is 0 Å². The first-order chi connectivity index (χ1) is 8.38. The van der Waals surface area contributed by atoms with Gasteiger partial charge in [0.2, 0.25) is 0 Å². The Labute approximate surface area is 102 Å². The van der Waals surface area contributed by atoms with Gasteiger partial charge in [0.15, 0.2) is 0 Å². The molecule has 0 saturated heterocycles. The molecule has 0 spiro atoms. The molecule has 0 amide bonds. The van der Waals surface area contributed by atoms with E-state index in [0.717, 1.165) is 23.3 Å². The SMILES string of the molecule is Cc1cnn(Cc2ccc(C(F)(F)F)cc2)c1N. The summed E-state index contributed by atoms with van der Waals surface area (Å²) in [6.07, 6.45) is -2.68. The minimum absolute atomic E-state index is 0.359. The van der Waals surface area contributed by atoms with Gasteiger partial charge in [0.25, 0.3) is 0 Å². The lowest BCUT2D eigenvalue weighted by molar-refractivity contribution is -0.137. The van der Waals surface area contributed by atoms with Gasteiger partial charge in [0.1, 0.15) is 5.82 Å². The van der Waals surface area contributed by atoms with Crippen LogP contribution in [0.2, 0.25) is 0 Å². The van der Waals surface area contributed by atoms with Crippen molar-refractivity contribution < 1.29 is 13.2 Å². The van der Waals surface area contributed by atoms with E-state index in [1.54, 1.807) is 10.9 Å². The molecule has 3 nitrogen and oxygen atoms in total. The van der Waals surface area contributed by atoms with Crippen LogP contribution in [0.1, 0.15) is 16.7 Å². The third kappa shape index (κ3) is 2.47. The van der Waals surface area contributed by atoms with Gasteiger partial charge in [-0.2, -0.15) is 18.3 Å². The van der Waals surface area contributed by atoms with E-state index in [-0.39, 0.29) is 0 Å². The van der Waals surface area contributed by atoms with Crippen LogP contribution in [0.4, 0.5) is 19.0 Å². The Morgan fingerprint density at radius 1 is 1.22 bits per heavy atom. The average molecular weight is 255 g/mol. The highest BCUT2D eigenvalue weighted by Crippen LogP contribution is 2.29. The molecule has 1 aromatic carbocycles. The van der Waals surface area contributed by atoms with Crippen LogP contribution in [0.3, 0.4) is 0 Å². The van der Waals surface area contributed by atoms with Crippen LogP contribution in [0.5, 0.6) is 0 Å². The number of nitrogen functional groups attached to an aromatic ring is 1. The Balaban J connectivity index is 2.19. The second-order valence-electron chi connectivity index (χ2n) is 4.07. The lowest BCUT2D eigenvalue weighted by atomic mass is 10.1. The molecule has 0 fully saturated rings. The highest BCUT2D eigenvalue weighted by Gasteiger charge is 2.29. The molecule has 0 bridgehead atoms. The fourth-order valence-electron chi connectivity index (χ4n) is 1.59. The van der Waals surface area contributed by atoms with E-state index < -0.39 is 11.7 Å². The average Bonchev–Trinajstić information content (AvgIpc) is 2.61. The monoisotopic (exact) mass is 255 g/mol. The van der Waals surface area contributed by atoms with Gasteiger partial charge in [-0.1, -0.05) is 12.1 Å². The van der Waals surface area contributed by atoms with E-state index >= 15 is 0 Å². The lowest BCUT2D eigenvalue weighted by Gasteiger charge is -2.08. The van der Waals surface area contributed by atoms with Crippen LogP contribution >= 0.6 is 0 Å². The zero-order valence-electron chi connectivity index (χ0n) is 9.70. The van der Waals surface area contributed by atoms with Gasteiger partial charge in [0.05, 0.1) is 18.3 Å². The summed E-state index contributed by atoms with van der Waals surface area (Å²) < 4.78 is 38.7. The summed E-state index contributed by atoms with van der Waals surface area (Å²) >= 11 is 0. The molecule has 96 valence electrons. The van der Waals surface area contributed by atoms with Gasteiger partial charge in [-0.15, -0.1) is 0 Å². The Hall–Kier alpha value is -1.98. The first-order valence-electron chi connectivity index (χ1n) is 5.32. The molecule has 1 heterocycles. The number of halogens is 3. The maximum atomic E-state index is 12.4. The summed E-state index contributed by atoms with van der Waals surface area (Å²) in [6.45, 7) is 2.18. The van der Waals surface area contributed by atoms with Crippen molar-refractivity contribution in [2.75, 3.05) is 5.73 Å². The molecule has 2 aromatic rings. The summed E-state index contributed by atoms with van der Waals surface area (Å²) in [6, 6.07) is 4.97. The van der Waals surface area contributed by atoms with Crippen LogP contribution in [0.25, 0.3) is 0 Å². The Kier molecular flexibility index (Phi) is 3.02. The molecule has 1 aromatic heterocycles. The van der Waals surface area contributed by atoms with E-state index in [9.17, 15) is 13.2 Å². The molecular weight excluding hydrogens is 243 g/mol. The first-order valence-corrected chi connectivity index (χ1v) is 5.32. The normalized spacial score (nSPS) is 11.8. The number of aromatic nitrogens is 2. The summed E-state index contributed by atoms with van der Waals surface area (Å²) in [4.78, 5) is 0. The molecule has 18 heavy (non-hydrogen) atoms. The van der Waals surface area contributed by atoms with Crippen molar-refractivity contribution in [1.82, 2.24) is 9.78 Å². The first kappa shape index (κ1) is 12.5. The zero-order valence-corrected chi connectivity index (χ0v) is 9.70. The van der Waals surface area contributed by atoms with Crippen LogP contribution in [-0.2, 0) is 12.7 Å². The Morgan fingerprint density at radius 3 is 2.28 bits per heavy atom. The van der Waals surface area contributed by atoms with Crippen LogP contribution in [-0.4, -0.2) is 9.78 Å². The lowest BCUT2D eigenvalue weighted by Crippen LogP contribution is -2.08. The van der Waals surface area contributed by atoms with Crippen molar-refractivity contribution in [2.45, 2.75) is 19.6 Å². The van der Waals surface area contributed by atoms with E-state index in [1.165, 1.54) is 12.1 Å². The molecule has 0 aliphatic heterocycles. The molecule has 6 heteroatoms. The van der Waals surface area contributed by atoms with E-state index in [1.807, 2.05) is 6.92 Å². The third-order valence-electron chi connectivity index (χ3n) is 2.69. The Morgan fingerprint density at radius 2 is 1.83 bits per heavy atom. The van der Waals surface area contributed by atoms with E-state index in [0.29, 0.717) is 12.4 Å². The smallest absolute Gasteiger partial charge is 0.384 e. The van der Waals surface area contributed by atoms with Gasteiger partial charge in [-0.05, 0) is 24.6 Å². The van der Waals surface area contributed by atoms with Crippen molar-refractivity contribution in [3.63, 3.8) is 0 Å². The second-order valence-corrected chi connectivity index (χ2v) is 4.07. The predicted octanol–water partition coefficient (Wildman–Crippen LogP) is 2.84. The molecule has 0 radical (unpaired) electrons. The summed E-state index contributed by atoms with van der Waals surface area (Å²) in [7, 11) is 0. The second kappa shape index (κ2) is 4.36. The van der Waals surface area contributed by atoms with E-state index in [2.05, 4.69) is 5.10 Å². The Bertz CT molecular complexity index is 541. The molecule has 2 N–H and O–H groups in total. The zero-order chi connectivity index (χ0) is 13.3. The number of nitrogens with two attached hydrogens (primary N) is 1. The van der Waals surface area contributed by atoms with Gasteiger partial charge >= 0.3 is 6.18 Å². The summed E-state index contributed by atoms with van der Waals surface area (Å²) in [5.41, 5.74) is 6.68. The number of hydrogen-bond acceptors (Lipinski definition) is 2. The number of hydrogen-bond donors (Lipinski definition) is 1. The number of anilines is 1. The molecule has 2 rings (SSSR count).